The molecule has 4 rings (SSSR count). The van der Waals surface area contributed by atoms with Crippen LogP contribution < -0.4 is 4.74 Å². The number of imidazole rings is 1. The number of nitrogens with zero attached hydrogens (tertiary/aromatic N) is 2. The van der Waals surface area contributed by atoms with E-state index in [2.05, 4.69) is 15.6 Å². The Kier molecular flexibility index (Phi) is 5.48. The highest BCUT2D eigenvalue weighted by atomic mass is 16.5. The zero-order valence-corrected chi connectivity index (χ0v) is 15.6. The highest BCUT2D eigenvalue weighted by Gasteiger charge is 2.08. The fourth-order valence-corrected chi connectivity index (χ4v) is 3.22. The monoisotopic (exact) mass is 370 g/mol. The average molecular weight is 370 g/mol. The molecule has 0 aliphatic carbocycles. The lowest BCUT2D eigenvalue weighted by molar-refractivity contribution is 0.103. The van der Waals surface area contributed by atoms with E-state index in [4.69, 9.17) is 4.74 Å². The zero-order chi connectivity index (χ0) is 19.2. The molecule has 0 aliphatic heterocycles. The summed E-state index contributed by atoms with van der Waals surface area (Å²) in [6.45, 7) is 1.58. The first-order valence-electron chi connectivity index (χ1n) is 9.54. The highest BCUT2D eigenvalue weighted by molar-refractivity contribution is 6.08. The molecule has 140 valence electrons. The molecule has 0 amide bonds. The van der Waals surface area contributed by atoms with Gasteiger partial charge in [-0.2, -0.15) is 0 Å². The Bertz CT molecular complexity index is 1050. The third-order valence-corrected chi connectivity index (χ3v) is 4.74. The van der Waals surface area contributed by atoms with E-state index >= 15 is 0 Å². The number of para-hydroxylation sites is 2. The Morgan fingerprint density at radius 2 is 1.54 bits per heavy atom. The number of carbonyl (C=O) groups excluding carboxylic acids is 1. The van der Waals surface area contributed by atoms with Crippen LogP contribution in [-0.4, -0.2) is 21.9 Å². The summed E-state index contributed by atoms with van der Waals surface area (Å²) in [7, 11) is 0. The molecule has 0 aliphatic rings. The largest absolute Gasteiger partial charge is 0.494 e. The van der Waals surface area contributed by atoms with Crippen LogP contribution >= 0.6 is 0 Å². The summed E-state index contributed by atoms with van der Waals surface area (Å²) in [6.07, 6.45) is 3.87. The van der Waals surface area contributed by atoms with Gasteiger partial charge in [0.15, 0.2) is 5.78 Å². The van der Waals surface area contributed by atoms with Crippen molar-refractivity contribution in [3.05, 3.63) is 96.3 Å². The van der Waals surface area contributed by atoms with Gasteiger partial charge in [-0.05, 0) is 49.2 Å². The second-order valence-electron chi connectivity index (χ2n) is 6.70. The number of benzene rings is 3. The van der Waals surface area contributed by atoms with E-state index in [1.807, 2.05) is 79.1 Å². The Morgan fingerprint density at radius 1 is 0.821 bits per heavy atom. The van der Waals surface area contributed by atoms with Crippen LogP contribution in [0.2, 0.25) is 0 Å². The number of carbonyl (C=O) groups is 1. The smallest absolute Gasteiger partial charge is 0.193 e. The summed E-state index contributed by atoms with van der Waals surface area (Å²) in [5.74, 6) is 0.817. The molecule has 4 nitrogen and oxygen atoms in total. The summed E-state index contributed by atoms with van der Waals surface area (Å²) >= 11 is 0. The maximum Gasteiger partial charge on any atom is 0.193 e. The fourth-order valence-electron chi connectivity index (χ4n) is 3.22. The predicted octanol–water partition coefficient (Wildman–Crippen LogP) is 5.13. The minimum Gasteiger partial charge on any atom is -0.494 e. The Balaban J connectivity index is 1.25. The van der Waals surface area contributed by atoms with Gasteiger partial charge in [0.1, 0.15) is 5.75 Å². The number of unbranched alkanes of at least 4 members (excludes halogenated alkanes) is 1. The number of aryl methyl sites for hydroxylation is 1. The molecule has 0 N–H and O–H groups in total. The minimum atomic E-state index is 0.0275. The lowest BCUT2D eigenvalue weighted by atomic mass is 10.0. The van der Waals surface area contributed by atoms with Crippen molar-refractivity contribution in [3.63, 3.8) is 0 Å². The molecule has 0 unspecified atom stereocenters. The van der Waals surface area contributed by atoms with Gasteiger partial charge < -0.3 is 9.30 Å². The minimum absolute atomic E-state index is 0.0275. The summed E-state index contributed by atoms with van der Waals surface area (Å²) in [4.78, 5) is 16.8. The Morgan fingerprint density at radius 3 is 2.36 bits per heavy atom. The van der Waals surface area contributed by atoms with Crippen LogP contribution in [0.3, 0.4) is 0 Å². The second kappa shape index (κ2) is 8.53. The van der Waals surface area contributed by atoms with Gasteiger partial charge in [0.05, 0.1) is 24.0 Å². The van der Waals surface area contributed by atoms with Crippen molar-refractivity contribution < 1.29 is 9.53 Å². The second-order valence-corrected chi connectivity index (χ2v) is 6.70. The van der Waals surface area contributed by atoms with Gasteiger partial charge in [0.2, 0.25) is 0 Å². The molecule has 3 aromatic carbocycles. The average Bonchev–Trinajstić information content (AvgIpc) is 3.17. The molecule has 4 aromatic rings. The van der Waals surface area contributed by atoms with Crippen molar-refractivity contribution in [1.29, 1.82) is 0 Å². The van der Waals surface area contributed by atoms with Gasteiger partial charge in [-0.15, -0.1) is 0 Å². The SMILES string of the molecule is O=C(c1ccccc1)c1ccc(OCCCCn2cnc3ccccc32)cc1. The van der Waals surface area contributed by atoms with Gasteiger partial charge in [-0.3, -0.25) is 4.79 Å². The van der Waals surface area contributed by atoms with Gasteiger partial charge in [0, 0.05) is 17.7 Å². The van der Waals surface area contributed by atoms with Crippen molar-refractivity contribution in [3.8, 4) is 5.75 Å². The van der Waals surface area contributed by atoms with Crippen LogP contribution in [0.25, 0.3) is 11.0 Å². The predicted molar refractivity (Wildman–Crippen MR) is 111 cm³/mol. The number of hydrogen-bond donors (Lipinski definition) is 0. The number of fused-ring (bicyclic) bond motifs is 1. The maximum absolute atomic E-state index is 12.4. The molecule has 28 heavy (non-hydrogen) atoms. The topological polar surface area (TPSA) is 44.1 Å². The van der Waals surface area contributed by atoms with Crippen molar-refractivity contribution in [1.82, 2.24) is 9.55 Å². The van der Waals surface area contributed by atoms with Gasteiger partial charge in [-0.1, -0.05) is 42.5 Å². The van der Waals surface area contributed by atoms with E-state index in [9.17, 15) is 4.79 Å². The van der Waals surface area contributed by atoms with Crippen LogP contribution in [0.1, 0.15) is 28.8 Å². The third kappa shape index (κ3) is 4.12. The fraction of sp³-hybridized carbons (Fsp3) is 0.167. The summed E-state index contributed by atoms with van der Waals surface area (Å²) in [5.41, 5.74) is 3.57. The summed E-state index contributed by atoms with van der Waals surface area (Å²) < 4.78 is 8.00. The first-order chi connectivity index (χ1) is 13.8. The molecule has 0 spiro atoms. The van der Waals surface area contributed by atoms with Gasteiger partial charge >= 0.3 is 0 Å². The van der Waals surface area contributed by atoms with Crippen LogP contribution in [0.15, 0.2) is 85.2 Å². The number of rotatable bonds is 8. The molecule has 0 fully saturated rings. The summed E-state index contributed by atoms with van der Waals surface area (Å²) in [5, 5.41) is 0. The lowest BCUT2D eigenvalue weighted by Crippen LogP contribution is -2.03. The molecule has 1 heterocycles. The quantitative estimate of drug-likeness (QED) is 0.319. The van der Waals surface area contributed by atoms with Crippen molar-refractivity contribution >= 4 is 16.8 Å². The number of aromatic nitrogens is 2. The van der Waals surface area contributed by atoms with Crippen LogP contribution in [0.5, 0.6) is 5.75 Å². The van der Waals surface area contributed by atoms with Crippen LogP contribution in [0, 0.1) is 0 Å². The lowest BCUT2D eigenvalue weighted by Gasteiger charge is -2.08. The highest BCUT2D eigenvalue weighted by Crippen LogP contribution is 2.16. The molecule has 0 radical (unpaired) electrons. The molecule has 0 atom stereocenters. The van der Waals surface area contributed by atoms with Crippen molar-refractivity contribution in [2.45, 2.75) is 19.4 Å². The van der Waals surface area contributed by atoms with Crippen molar-refractivity contribution in [2.75, 3.05) is 6.61 Å². The number of ketones is 1. The molecule has 4 heteroatoms. The molecule has 1 aromatic heterocycles. The third-order valence-electron chi connectivity index (χ3n) is 4.74. The normalized spacial score (nSPS) is 10.9. The molecular weight excluding hydrogens is 348 g/mol. The standard InChI is InChI=1S/C24H22N2O2/c27-24(19-8-2-1-3-9-19)20-12-14-21(15-13-20)28-17-7-6-16-26-18-25-22-10-4-5-11-23(22)26/h1-5,8-15,18H,6-7,16-17H2. The molecular formula is C24H22N2O2. The molecule has 0 saturated carbocycles. The molecule has 0 bridgehead atoms. The Labute approximate surface area is 164 Å². The first-order valence-corrected chi connectivity index (χ1v) is 9.54. The van der Waals surface area contributed by atoms with Crippen LogP contribution in [0.4, 0.5) is 0 Å². The number of ether oxygens (including phenoxy) is 1. The summed E-state index contributed by atoms with van der Waals surface area (Å²) in [6, 6.07) is 24.8. The number of hydrogen-bond acceptors (Lipinski definition) is 3. The van der Waals surface area contributed by atoms with Crippen molar-refractivity contribution in [2.24, 2.45) is 0 Å². The van der Waals surface area contributed by atoms with E-state index < -0.39 is 0 Å². The van der Waals surface area contributed by atoms with E-state index in [1.165, 1.54) is 5.52 Å². The zero-order valence-electron chi connectivity index (χ0n) is 15.6. The van der Waals surface area contributed by atoms with Gasteiger partial charge in [0.25, 0.3) is 0 Å². The van der Waals surface area contributed by atoms with E-state index in [-0.39, 0.29) is 5.78 Å². The Hall–Kier alpha value is -3.40. The van der Waals surface area contributed by atoms with Crippen LogP contribution in [-0.2, 0) is 6.54 Å². The van der Waals surface area contributed by atoms with E-state index in [0.29, 0.717) is 17.7 Å². The maximum atomic E-state index is 12.4. The van der Waals surface area contributed by atoms with Gasteiger partial charge in [-0.25, -0.2) is 4.98 Å². The molecule has 0 saturated heterocycles. The van der Waals surface area contributed by atoms with E-state index in [0.717, 1.165) is 30.7 Å². The van der Waals surface area contributed by atoms with E-state index in [1.54, 1.807) is 0 Å². The first kappa shape index (κ1) is 18.0.